The highest BCUT2D eigenvalue weighted by Crippen LogP contribution is 2.27. The number of nitrogens with one attached hydrogen (secondary N) is 3. The van der Waals surface area contributed by atoms with E-state index >= 15 is 0 Å². The Morgan fingerprint density at radius 3 is 2.38 bits per heavy atom. The molecular formula is C30H37N3O4. The molecule has 0 aliphatic carbocycles. The van der Waals surface area contributed by atoms with Crippen molar-refractivity contribution in [3.05, 3.63) is 84.6 Å². The number of amides is 2. The van der Waals surface area contributed by atoms with Gasteiger partial charge in [-0.15, -0.1) is 6.58 Å². The fourth-order valence-corrected chi connectivity index (χ4v) is 4.84. The van der Waals surface area contributed by atoms with E-state index in [1.165, 1.54) is 0 Å². The van der Waals surface area contributed by atoms with Crippen LogP contribution in [0, 0.1) is 17.8 Å². The number of aromatic amines is 1. The number of ketones is 1. The van der Waals surface area contributed by atoms with Crippen molar-refractivity contribution in [1.82, 2.24) is 15.8 Å². The van der Waals surface area contributed by atoms with Gasteiger partial charge in [-0.3, -0.25) is 19.6 Å². The molecule has 0 spiro atoms. The van der Waals surface area contributed by atoms with E-state index in [2.05, 4.69) is 16.9 Å². The van der Waals surface area contributed by atoms with Gasteiger partial charge in [-0.25, -0.2) is 5.48 Å². The number of allylic oxidation sites excluding steroid dienone is 1. The quantitative estimate of drug-likeness (QED) is 0.0795. The lowest BCUT2D eigenvalue weighted by Gasteiger charge is -2.28. The van der Waals surface area contributed by atoms with Crippen molar-refractivity contribution in [3.63, 3.8) is 0 Å². The number of H-pyrrole nitrogens is 1. The second kappa shape index (κ2) is 13.6. The highest BCUT2D eigenvalue weighted by molar-refractivity contribution is 6.11. The molecule has 0 saturated carbocycles. The van der Waals surface area contributed by atoms with Crippen LogP contribution in [0.15, 0.2) is 73.4 Å². The summed E-state index contributed by atoms with van der Waals surface area (Å²) in [6.45, 7) is 7.69. The Hall–Kier alpha value is -3.71. The van der Waals surface area contributed by atoms with Crippen LogP contribution in [0.5, 0.6) is 0 Å². The van der Waals surface area contributed by atoms with Gasteiger partial charge < -0.3 is 10.3 Å². The van der Waals surface area contributed by atoms with Crippen LogP contribution in [-0.4, -0.2) is 33.8 Å². The predicted molar refractivity (Wildman–Crippen MR) is 145 cm³/mol. The first-order chi connectivity index (χ1) is 17.8. The minimum atomic E-state index is -0.824. The van der Waals surface area contributed by atoms with E-state index in [4.69, 9.17) is 0 Å². The van der Waals surface area contributed by atoms with Crippen LogP contribution in [0.3, 0.4) is 0 Å². The molecule has 0 radical (unpaired) electrons. The van der Waals surface area contributed by atoms with Gasteiger partial charge in [0.1, 0.15) is 0 Å². The highest BCUT2D eigenvalue weighted by Gasteiger charge is 2.36. The number of fused-ring (bicyclic) bond motifs is 1. The number of hydrogen-bond donors (Lipinski definition) is 4. The molecule has 1 aromatic heterocycles. The third kappa shape index (κ3) is 7.40. The molecular weight excluding hydrogens is 466 g/mol. The molecule has 0 saturated heterocycles. The van der Waals surface area contributed by atoms with E-state index in [1.54, 1.807) is 17.8 Å². The first kappa shape index (κ1) is 27.9. The van der Waals surface area contributed by atoms with Crippen molar-refractivity contribution in [2.24, 2.45) is 17.8 Å². The number of para-hydroxylation sites is 1. The number of rotatable bonds is 14. The van der Waals surface area contributed by atoms with Crippen molar-refractivity contribution in [3.8, 4) is 0 Å². The second-order valence-electron chi connectivity index (χ2n) is 9.90. The Labute approximate surface area is 218 Å². The normalized spacial score (nSPS) is 13.6. The van der Waals surface area contributed by atoms with Gasteiger partial charge in [-0.1, -0.05) is 68.5 Å². The lowest BCUT2D eigenvalue weighted by molar-refractivity contribution is -0.141. The average Bonchev–Trinajstić information content (AvgIpc) is 3.33. The van der Waals surface area contributed by atoms with E-state index in [9.17, 15) is 19.6 Å². The molecule has 2 aromatic carbocycles. The van der Waals surface area contributed by atoms with Crippen LogP contribution in [0.2, 0.25) is 0 Å². The van der Waals surface area contributed by atoms with Crippen LogP contribution in [-0.2, 0) is 16.0 Å². The maximum absolute atomic E-state index is 13.8. The summed E-state index contributed by atoms with van der Waals surface area (Å²) in [5.74, 6) is -2.46. The Balaban J connectivity index is 1.93. The monoisotopic (exact) mass is 503 g/mol. The zero-order valence-electron chi connectivity index (χ0n) is 21.6. The maximum atomic E-state index is 13.8. The van der Waals surface area contributed by atoms with Gasteiger partial charge >= 0.3 is 0 Å². The maximum Gasteiger partial charge on any atom is 0.247 e. The SMILES string of the molecule is C=CCCC[C@H](C(=O)NO)[C@@H](CC(C)C)C(=O)N[C@H](Cc1ccccc1)C(=O)c1c[nH]c2ccccc12. The molecule has 3 rings (SSSR count). The standard InChI is InChI=1S/C30H37N3O4/c1-4-5-7-15-23(30(36)33-37)24(17-20(2)3)29(35)32-27(18-21-12-8-6-9-13-21)28(34)25-19-31-26-16-11-10-14-22(25)26/h4,6,8-14,16,19-20,23-24,27,31,37H,1,5,7,15,17-18H2,2-3H3,(H,32,35)(H,33,36)/t23-,24+,27+/m0/s1. The molecule has 0 unspecified atom stereocenters. The van der Waals surface area contributed by atoms with E-state index in [0.29, 0.717) is 37.7 Å². The number of Topliss-reactive ketones (excluding diaryl/α,β-unsaturated/α-hetero) is 1. The first-order valence-electron chi connectivity index (χ1n) is 12.8. The molecule has 0 aliphatic rings. The fourth-order valence-electron chi connectivity index (χ4n) is 4.84. The van der Waals surface area contributed by atoms with Crippen LogP contribution < -0.4 is 10.8 Å². The van der Waals surface area contributed by atoms with Gasteiger partial charge in [0.05, 0.1) is 12.0 Å². The summed E-state index contributed by atoms with van der Waals surface area (Å²) in [5.41, 5.74) is 4.01. The van der Waals surface area contributed by atoms with Crippen LogP contribution >= 0.6 is 0 Å². The Morgan fingerprint density at radius 2 is 1.70 bits per heavy atom. The number of benzene rings is 2. The molecule has 7 nitrogen and oxygen atoms in total. The summed E-state index contributed by atoms with van der Waals surface area (Å²) in [6.07, 6.45) is 5.97. The van der Waals surface area contributed by atoms with E-state index in [-0.39, 0.29) is 17.6 Å². The zero-order valence-corrected chi connectivity index (χ0v) is 21.6. The molecule has 0 aliphatic heterocycles. The van der Waals surface area contributed by atoms with Gasteiger partial charge in [0.25, 0.3) is 0 Å². The predicted octanol–water partition coefficient (Wildman–Crippen LogP) is 5.22. The summed E-state index contributed by atoms with van der Waals surface area (Å²) >= 11 is 0. The summed E-state index contributed by atoms with van der Waals surface area (Å²) in [7, 11) is 0. The topological polar surface area (TPSA) is 111 Å². The Morgan fingerprint density at radius 1 is 1.00 bits per heavy atom. The van der Waals surface area contributed by atoms with E-state index in [1.807, 2.05) is 68.4 Å². The zero-order chi connectivity index (χ0) is 26.8. The summed E-state index contributed by atoms with van der Waals surface area (Å²) in [5, 5.41) is 13.2. The van der Waals surface area contributed by atoms with Crippen molar-refractivity contribution in [2.45, 2.75) is 52.0 Å². The average molecular weight is 504 g/mol. The minimum Gasteiger partial charge on any atom is -0.360 e. The number of carbonyl (C=O) groups is 3. The van der Waals surface area contributed by atoms with Gasteiger partial charge in [0.2, 0.25) is 11.8 Å². The molecule has 7 heteroatoms. The molecule has 196 valence electrons. The first-order valence-corrected chi connectivity index (χ1v) is 12.8. The van der Waals surface area contributed by atoms with Crippen molar-refractivity contribution in [1.29, 1.82) is 0 Å². The van der Waals surface area contributed by atoms with Gasteiger partial charge in [0.15, 0.2) is 5.78 Å². The Kier molecular flexibility index (Phi) is 10.2. The van der Waals surface area contributed by atoms with Gasteiger partial charge in [0, 0.05) is 35.0 Å². The smallest absolute Gasteiger partial charge is 0.247 e. The number of aromatic nitrogens is 1. The van der Waals surface area contributed by atoms with Gasteiger partial charge in [-0.05, 0) is 43.2 Å². The van der Waals surface area contributed by atoms with Crippen LogP contribution in [0.1, 0.15) is 55.5 Å². The van der Waals surface area contributed by atoms with Crippen molar-refractivity contribution in [2.75, 3.05) is 0 Å². The Bertz CT molecular complexity index is 1200. The minimum absolute atomic E-state index is 0.126. The molecule has 4 N–H and O–H groups in total. The number of hydroxylamine groups is 1. The van der Waals surface area contributed by atoms with E-state index in [0.717, 1.165) is 16.5 Å². The summed E-state index contributed by atoms with van der Waals surface area (Å²) in [4.78, 5) is 43.3. The highest BCUT2D eigenvalue weighted by atomic mass is 16.5. The molecule has 37 heavy (non-hydrogen) atoms. The summed E-state index contributed by atoms with van der Waals surface area (Å²) in [6, 6.07) is 16.3. The lowest BCUT2D eigenvalue weighted by Crippen LogP contribution is -2.48. The van der Waals surface area contributed by atoms with Gasteiger partial charge in [-0.2, -0.15) is 0 Å². The fraction of sp³-hybridized carbons (Fsp3) is 0.367. The molecule has 0 bridgehead atoms. The molecule has 0 fully saturated rings. The summed E-state index contributed by atoms with van der Waals surface area (Å²) < 4.78 is 0. The number of carbonyl (C=O) groups excluding carboxylic acids is 3. The lowest BCUT2D eigenvalue weighted by atomic mass is 9.80. The van der Waals surface area contributed by atoms with E-state index < -0.39 is 23.8 Å². The number of hydrogen-bond acceptors (Lipinski definition) is 4. The molecule has 3 aromatic rings. The largest absolute Gasteiger partial charge is 0.360 e. The van der Waals surface area contributed by atoms with Crippen LogP contribution in [0.25, 0.3) is 10.9 Å². The molecule has 1 heterocycles. The molecule has 3 atom stereocenters. The third-order valence-electron chi connectivity index (χ3n) is 6.69. The third-order valence-corrected chi connectivity index (χ3v) is 6.69. The van der Waals surface area contributed by atoms with Crippen molar-refractivity contribution < 1.29 is 19.6 Å². The molecule has 2 amide bonds. The van der Waals surface area contributed by atoms with Crippen molar-refractivity contribution >= 4 is 28.5 Å². The second-order valence-corrected chi connectivity index (χ2v) is 9.90. The van der Waals surface area contributed by atoms with Crippen LogP contribution in [0.4, 0.5) is 0 Å². The number of unbranched alkanes of at least 4 members (excludes halogenated alkanes) is 1.